The fourth-order valence-corrected chi connectivity index (χ4v) is 3.52. The average Bonchev–Trinajstić information content (AvgIpc) is 2.50. The van der Waals surface area contributed by atoms with Crippen molar-refractivity contribution in [2.24, 2.45) is 0 Å². The van der Waals surface area contributed by atoms with Gasteiger partial charge in [0.25, 0.3) is 0 Å². The molecule has 1 aromatic carbocycles. The third-order valence-electron chi connectivity index (χ3n) is 3.36. The Hall–Kier alpha value is -1.92. The van der Waals surface area contributed by atoms with Crippen LogP contribution in [0.5, 0.6) is 0 Å². The van der Waals surface area contributed by atoms with Gasteiger partial charge in [-0.1, -0.05) is 38.1 Å². The van der Waals surface area contributed by atoms with Crippen LogP contribution in [-0.4, -0.2) is 31.7 Å². The van der Waals surface area contributed by atoms with Gasteiger partial charge in [0.1, 0.15) is 0 Å². The molecule has 23 heavy (non-hydrogen) atoms. The minimum atomic E-state index is -3.54. The zero-order valence-electron chi connectivity index (χ0n) is 14.0. The van der Waals surface area contributed by atoms with Crippen molar-refractivity contribution >= 4 is 21.6 Å². The molecule has 1 N–H and O–H groups in total. The van der Waals surface area contributed by atoms with Gasteiger partial charge in [0.15, 0.2) is 0 Å². The third-order valence-corrected chi connectivity index (χ3v) is 5.41. The molecular weight excluding hydrogens is 312 g/mol. The lowest BCUT2D eigenvalue weighted by Gasteiger charge is -2.19. The highest BCUT2D eigenvalue weighted by molar-refractivity contribution is 7.89. The maximum absolute atomic E-state index is 12.5. The van der Waals surface area contributed by atoms with Crippen molar-refractivity contribution in [1.29, 1.82) is 0 Å². The van der Waals surface area contributed by atoms with Gasteiger partial charge < -0.3 is 5.32 Å². The maximum atomic E-state index is 12.5. The molecule has 1 amide bonds. The van der Waals surface area contributed by atoms with E-state index in [-0.39, 0.29) is 10.8 Å². The first-order valence-electron chi connectivity index (χ1n) is 7.57. The van der Waals surface area contributed by atoms with Gasteiger partial charge in [-0.3, -0.25) is 4.79 Å². The lowest BCUT2D eigenvalue weighted by Crippen LogP contribution is -2.30. The quantitative estimate of drug-likeness (QED) is 0.614. The normalized spacial score (nSPS) is 12.4. The minimum absolute atomic E-state index is 0.180. The van der Waals surface area contributed by atoms with E-state index in [2.05, 4.69) is 5.32 Å². The molecule has 1 rings (SSSR count). The zero-order valence-corrected chi connectivity index (χ0v) is 14.9. The van der Waals surface area contributed by atoms with Crippen LogP contribution in [-0.2, 0) is 14.8 Å². The summed E-state index contributed by atoms with van der Waals surface area (Å²) in [6, 6.07) is 4.76. The van der Waals surface area contributed by atoms with Crippen molar-refractivity contribution < 1.29 is 13.2 Å². The summed E-state index contributed by atoms with van der Waals surface area (Å²) in [6.45, 7) is 8.07. The Morgan fingerprint density at radius 3 is 2.43 bits per heavy atom. The molecule has 0 aliphatic heterocycles. The average molecular weight is 336 g/mol. The molecule has 1 aromatic rings. The third kappa shape index (κ3) is 5.04. The Morgan fingerprint density at radius 2 is 1.87 bits per heavy atom. The monoisotopic (exact) mass is 336 g/mol. The second kappa shape index (κ2) is 8.64. The molecule has 0 radical (unpaired) electrons. The first-order valence-corrected chi connectivity index (χ1v) is 9.01. The van der Waals surface area contributed by atoms with Gasteiger partial charge in [0.2, 0.25) is 15.9 Å². The lowest BCUT2D eigenvalue weighted by molar-refractivity contribution is -0.111. The molecule has 0 saturated heterocycles. The topological polar surface area (TPSA) is 66.5 Å². The Bertz CT molecular complexity index is 703. The molecule has 0 aliphatic rings. The van der Waals surface area contributed by atoms with Crippen molar-refractivity contribution in [2.45, 2.75) is 32.6 Å². The lowest BCUT2D eigenvalue weighted by atomic mass is 10.2. The van der Waals surface area contributed by atoms with Crippen LogP contribution in [0.25, 0.3) is 0 Å². The van der Waals surface area contributed by atoms with Crippen LogP contribution in [0.15, 0.2) is 47.4 Å². The highest BCUT2D eigenvalue weighted by atomic mass is 32.2. The summed E-state index contributed by atoms with van der Waals surface area (Å²) < 4.78 is 26.5. The molecule has 0 aromatic heterocycles. The van der Waals surface area contributed by atoms with E-state index in [0.717, 1.165) is 5.56 Å². The summed E-state index contributed by atoms with van der Waals surface area (Å²) >= 11 is 0. The van der Waals surface area contributed by atoms with Crippen LogP contribution in [0.4, 0.5) is 5.69 Å². The van der Waals surface area contributed by atoms with E-state index in [1.165, 1.54) is 16.4 Å². The SMILES string of the molecule is C/C=C/C=C/C(=O)Nc1cc(S(=O)(=O)N(CC)CC)ccc1C. The van der Waals surface area contributed by atoms with Crippen LogP contribution < -0.4 is 5.32 Å². The Balaban J connectivity index is 3.11. The summed E-state index contributed by atoms with van der Waals surface area (Å²) in [4.78, 5) is 12.0. The van der Waals surface area contributed by atoms with Gasteiger partial charge in [-0.25, -0.2) is 8.42 Å². The van der Waals surface area contributed by atoms with Gasteiger partial charge in [0, 0.05) is 24.9 Å². The number of nitrogens with one attached hydrogen (secondary N) is 1. The predicted octanol–water partition coefficient (Wildman–Crippen LogP) is 3.10. The molecule has 0 spiro atoms. The summed E-state index contributed by atoms with van der Waals surface area (Å²) in [5.41, 5.74) is 1.30. The van der Waals surface area contributed by atoms with Crippen LogP contribution in [0, 0.1) is 6.92 Å². The van der Waals surface area contributed by atoms with Crippen LogP contribution in [0.3, 0.4) is 0 Å². The number of carbonyl (C=O) groups is 1. The van der Waals surface area contributed by atoms with E-state index in [4.69, 9.17) is 0 Å². The Morgan fingerprint density at radius 1 is 1.22 bits per heavy atom. The van der Waals surface area contributed by atoms with Gasteiger partial charge >= 0.3 is 0 Å². The van der Waals surface area contributed by atoms with Crippen molar-refractivity contribution in [3.63, 3.8) is 0 Å². The van der Waals surface area contributed by atoms with Crippen LogP contribution >= 0.6 is 0 Å². The van der Waals surface area contributed by atoms with E-state index in [1.807, 2.05) is 19.9 Å². The number of sulfonamides is 1. The number of nitrogens with zero attached hydrogens (tertiary/aromatic N) is 1. The first-order chi connectivity index (χ1) is 10.9. The van der Waals surface area contributed by atoms with Crippen molar-refractivity contribution in [2.75, 3.05) is 18.4 Å². The summed E-state index contributed by atoms with van der Waals surface area (Å²) in [6.07, 6.45) is 6.58. The number of rotatable bonds is 7. The van der Waals surface area contributed by atoms with Crippen LogP contribution in [0.2, 0.25) is 0 Å². The molecule has 126 valence electrons. The standard InChI is InChI=1S/C17H24N2O3S/c1-5-8-9-10-17(20)18-16-13-15(12-11-14(16)4)23(21,22)19(6-2)7-3/h5,8-13H,6-7H2,1-4H3,(H,18,20)/b8-5+,10-9+. The molecule has 0 saturated carbocycles. The molecule has 0 atom stereocenters. The van der Waals surface area contributed by atoms with E-state index < -0.39 is 10.0 Å². The predicted molar refractivity (Wildman–Crippen MR) is 93.9 cm³/mol. The second-order valence-electron chi connectivity index (χ2n) is 4.94. The van der Waals surface area contributed by atoms with Crippen LogP contribution in [0.1, 0.15) is 26.3 Å². The number of allylic oxidation sites excluding steroid dienone is 3. The largest absolute Gasteiger partial charge is 0.322 e. The molecule has 0 bridgehead atoms. The Kier molecular flexibility index (Phi) is 7.19. The van der Waals surface area contributed by atoms with E-state index in [1.54, 1.807) is 38.1 Å². The fraction of sp³-hybridized carbons (Fsp3) is 0.353. The molecule has 0 unspecified atom stereocenters. The number of carbonyl (C=O) groups excluding carboxylic acids is 1. The van der Waals surface area contributed by atoms with E-state index >= 15 is 0 Å². The van der Waals surface area contributed by atoms with E-state index in [0.29, 0.717) is 18.8 Å². The van der Waals surface area contributed by atoms with Gasteiger partial charge in [-0.15, -0.1) is 0 Å². The fourth-order valence-electron chi connectivity index (χ4n) is 2.04. The number of benzene rings is 1. The number of hydrogen-bond donors (Lipinski definition) is 1. The summed E-state index contributed by atoms with van der Waals surface area (Å²) in [5, 5.41) is 2.71. The highest BCUT2D eigenvalue weighted by Gasteiger charge is 2.22. The number of hydrogen-bond acceptors (Lipinski definition) is 3. The molecular formula is C17H24N2O3S. The summed E-state index contributed by atoms with van der Waals surface area (Å²) in [7, 11) is -3.54. The number of amides is 1. The minimum Gasteiger partial charge on any atom is -0.322 e. The second-order valence-corrected chi connectivity index (χ2v) is 6.88. The first kappa shape index (κ1) is 19.1. The number of aryl methyl sites for hydroxylation is 1. The molecule has 0 heterocycles. The maximum Gasteiger partial charge on any atom is 0.248 e. The summed E-state index contributed by atoms with van der Waals surface area (Å²) in [5.74, 6) is -0.302. The van der Waals surface area contributed by atoms with Crippen molar-refractivity contribution in [1.82, 2.24) is 4.31 Å². The van der Waals surface area contributed by atoms with Crippen molar-refractivity contribution in [3.8, 4) is 0 Å². The van der Waals surface area contributed by atoms with Gasteiger partial charge in [-0.05, 0) is 31.5 Å². The number of anilines is 1. The van der Waals surface area contributed by atoms with E-state index in [9.17, 15) is 13.2 Å². The molecule has 0 aliphatic carbocycles. The molecule has 5 nitrogen and oxygen atoms in total. The van der Waals surface area contributed by atoms with Crippen molar-refractivity contribution in [3.05, 3.63) is 48.1 Å². The highest BCUT2D eigenvalue weighted by Crippen LogP contribution is 2.23. The smallest absolute Gasteiger partial charge is 0.248 e. The Labute approximate surface area is 138 Å². The van der Waals surface area contributed by atoms with Gasteiger partial charge in [-0.2, -0.15) is 4.31 Å². The molecule has 6 heteroatoms. The molecule has 0 fully saturated rings. The van der Waals surface area contributed by atoms with Gasteiger partial charge in [0.05, 0.1) is 4.90 Å². The zero-order chi connectivity index (χ0) is 17.5.